The molecule has 1 aromatic carbocycles. The van der Waals surface area contributed by atoms with Gasteiger partial charge in [0, 0.05) is 16.8 Å². The molecular formula is C12H17NO. The van der Waals surface area contributed by atoms with Crippen molar-refractivity contribution in [2.24, 2.45) is 0 Å². The summed E-state index contributed by atoms with van der Waals surface area (Å²) in [4.78, 5) is 0. The summed E-state index contributed by atoms with van der Waals surface area (Å²) in [6.45, 7) is 4.43. The maximum Gasteiger partial charge on any atom is 0.120 e. The Morgan fingerprint density at radius 2 is 2.29 bits per heavy atom. The minimum absolute atomic E-state index is 0.195. The van der Waals surface area contributed by atoms with Crippen molar-refractivity contribution >= 4 is 5.69 Å². The molecule has 0 aliphatic carbocycles. The molecule has 1 unspecified atom stereocenters. The van der Waals surface area contributed by atoms with Crippen molar-refractivity contribution < 1.29 is 5.11 Å². The third-order valence-corrected chi connectivity index (χ3v) is 3.29. The van der Waals surface area contributed by atoms with E-state index in [1.807, 2.05) is 12.1 Å². The van der Waals surface area contributed by atoms with Gasteiger partial charge in [-0.2, -0.15) is 0 Å². The molecule has 0 spiro atoms. The summed E-state index contributed by atoms with van der Waals surface area (Å²) in [5.41, 5.74) is 2.36. The average Bonchev–Trinajstić information content (AvgIpc) is 2.18. The summed E-state index contributed by atoms with van der Waals surface area (Å²) in [5, 5.41) is 13.2. The van der Waals surface area contributed by atoms with E-state index in [2.05, 4.69) is 19.2 Å². The normalized spacial score (nSPS) is 25.3. The molecule has 2 N–H and O–H groups in total. The van der Waals surface area contributed by atoms with Gasteiger partial charge in [0.2, 0.25) is 0 Å². The Labute approximate surface area is 85.0 Å². The maximum atomic E-state index is 9.66. The van der Waals surface area contributed by atoms with E-state index < -0.39 is 0 Å². The highest BCUT2D eigenvalue weighted by molar-refractivity contribution is 5.60. The topological polar surface area (TPSA) is 32.3 Å². The molecule has 0 aromatic heterocycles. The lowest BCUT2D eigenvalue weighted by atomic mass is 9.85. The fourth-order valence-electron chi connectivity index (χ4n) is 2.01. The third kappa shape index (κ3) is 1.45. The number of benzene rings is 1. The number of nitrogens with one attached hydrogen (secondary N) is 1. The van der Waals surface area contributed by atoms with E-state index in [1.54, 1.807) is 6.07 Å². The van der Waals surface area contributed by atoms with Crippen LogP contribution in [0.4, 0.5) is 5.69 Å². The second-order valence-electron chi connectivity index (χ2n) is 4.34. The van der Waals surface area contributed by atoms with Crippen molar-refractivity contribution in [3.8, 4) is 5.75 Å². The highest BCUT2D eigenvalue weighted by Gasteiger charge is 2.28. The number of phenolic OH excluding ortho intramolecular Hbond substituents is 1. The first-order valence-corrected chi connectivity index (χ1v) is 5.24. The molecule has 2 nitrogen and oxygen atoms in total. The Morgan fingerprint density at radius 3 is 3.00 bits per heavy atom. The SMILES string of the molecule is CCC1(C)CCc2c(O)cccc2N1. The zero-order valence-corrected chi connectivity index (χ0v) is 8.80. The number of aromatic hydroxyl groups is 1. The Kier molecular flexibility index (Phi) is 2.14. The summed E-state index contributed by atoms with van der Waals surface area (Å²) in [6.07, 6.45) is 3.18. The molecule has 14 heavy (non-hydrogen) atoms. The number of fused-ring (bicyclic) bond motifs is 1. The van der Waals surface area contributed by atoms with Crippen LogP contribution in [0.15, 0.2) is 18.2 Å². The fraction of sp³-hybridized carbons (Fsp3) is 0.500. The molecule has 76 valence electrons. The molecule has 0 saturated heterocycles. The van der Waals surface area contributed by atoms with Crippen LogP contribution in [0.1, 0.15) is 32.3 Å². The van der Waals surface area contributed by atoms with E-state index in [4.69, 9.17) is 0 Å². The number of anilines is 1. The van der Waals surface area contributed by atoms with Crippen LogP contribution < -0.4 is 5.32 Å². The lowest BCUT2D eigenvalue weighted by Crippen LogP contribution is -2.37. The van der Waals surface area contributed by atoms with Crippen LogP contribution in [-0.4, -0.2) is 10.6 Å². The molecule has 0 amide bonds. The van der Waals surface area contributed by atoms with Crippen LogP contribution in [0, 0.1) is 0 Å². The lowest BCUT2D eigenvalue weighted by Gasteiger charge is -2.36. The van der Waals surface area contributed by atoms with Crippen molar-refractivity contribution in [1.82, 2.24) is 0 Å². The zero-order valence-electron chi connectivity index (χ0n) is 8.80. The summed E-state index contributed by atoms with van der Waals surface area (Å²) < 4.78 is 0. The zero-order chi connectivity index (χ0) is 10.2. The Bertz CT molecular complexity index is 348. The molecule has 1 atom stereocenters. The van der Waals surface area contributed by atoms with E-state index in [0.29, 0.717) is 5.75 Å². The fourth-order valence-corrected chi connectivity index (χ4v) is 2.01. The van der Waals surface area contributed by atoms with Crippen molar-refractivity contribution in [1.29, 1.82) is 0 Å². The van der Waals surface area contributed by atoms with Gasteiger partial charge in [0.1, 0.15) is 5.75 Å². The largest absolute Gasteiger partial charge is 0.508 e. The average molecular weight is 191 g/mol. The first-order valence-electron chi connectivity index (χ1n) is 5.24. The van der Waals surface area contributed by atoms with E-state index in [0.717, 1.165) is 30.5 Å². The molecule has 0 saturated carbocycles. The standard InChI is InChI=1S/C12H17NO/c1-3-12(2)8-7-9-10(13-12)5-4-6-11(9)14/h4-6,13-14H,3,7-8H2,1-2H3. The van der Waals surface area contributed by atoms with Gasteiger partial charge in [0.05, 0.1) is 0 Å². The van der Waals surface area contributed by atoms with Crippen LogP contribution in [0.25, 0.3) is 0 Å². The first-order chi connectivity index (χ1) is 6.64. The van der Waals surface area contributed by atoms with Gasteiger partial charge >= 0.3 is 0 Å². The van der Waals surface area contributed by atoms with Gasteiger partial charge < -0.3 is 10.4 Å². The number of phenols is 1. The van der Waals surface area contributed by atoms with Gasteiger partial charge in [-0.05, 0) is 38.3 Å². The Hall–Kier alpha value is -1.18. The van der Waals surface area contributed by atoms with E-state index in [1.165, 1.54) is 0 Å². The van der Waals surface area contributed by atoms with Gasteiger partial charge in [0.25, 0.3) is 0 Å². The summed E-state index contributed by atoms with van der Waals surface area (Å²) in [5.74, 6) is 0.424. The van der Waals surface area contributed by atoms with Crippen LogP contribution >= 0.6 is 0 Å². The number of hydrogen-bond donors (Lipinski definition) is 2. The Balaban J connectivity index is 2.36. The van der Waals surface area contributed by atoms with E-state index in [-0.39, 0.29) is 5.54 Å². The van der Waals surface area contributed by atoms with Gasteiger partial charge in [-0.25, -0.2) is 0 Å². The van der Waals surface area contributed by atoms with Crippen molar-refractivity contribution in [2.75, 3.05) is 5.32 Å². The van der Waals surface area contributed by atoms with Crippen LogP contribution in [0.2, 0.25) is 0 Å². The molecular weight excluding hydrogens is 174 g/mol. The summed E-state index contributed by atoms with van der Waals surface area (Å²) in [6, 6.07) is 5.69. The second-order valence-corrected chi connectivity index (χ2v) is 4.34. The first kappa shape index (κ1) is 9.38. The molecule has 1 heterocycles. The number of rotatable bonds is 1. The third-order valence-electron chi connectivity index (χ3n) is 3.29. The second kappa shape index (κ2) is 3.19. The van der Waals surface area contributed by atoms with E-state index >= 15 is 0 Å². The molecule has 2 rings (SSSR count). The highest BCUT2D eigenvalue weighted by atomic mass is 16.3. The quantitative estimate of drug-likeness (QED) is 0.715. The van der Waals surface area contributed by atoms with Crippen LogP contribution in [0.5, 0.6) is 5.75 Å². The van der Waals surface area contributed by atoms with E-state index in [9.17, 15) is 5.11 Å². The molecule has 1 aliphatic heterocycles. The van der Waals surface area contributed by atoms with Gasteiger partial charge in [-0.1, -0.05) is 13.0 Å². The van der Waals surface area contributed by atoms with Gasteiger partial charge in [-0.3, -0.25) is 0 Å². The lowest BCUT2D eigenvalue weighted by molar-refractivity contribution is 0.425. The summed E-state index contributed by atoms with van der Waals surface area (Å²) in [7, 11) is 0. The number of hydrogen-bond acceptors (Lipinski definition) is 2. The van der Waals surface area contributed by atoms with Crippen LogP contribution in [0.3, 0.4) is 0 Å². The predicted octanol–water partition coefficient (Wildman–Crippen LogP) is 2.92. The Morgan fingerprint density at radius 1 is 1.50 bits per heavy atom. The van der Waals surface area contributed by atoms with Crippen molar-refractivity contribution in [3.05, 3.63) is 23.8 Å². The van der Waals surface area contributed by atoms with Crippen molar-refractivity contribution in [3.63, 3.8) is 0 Å². The molecule has 2 heteroatoms. The molecule has 0 fully saturated rings. The monoisotopic (exact) mass is 191 g/mol. The smallest absolute Gasteiger partial charge is 0.120 e. The molecule has 0 radical (unpaired) electrons. The van der Waals surface area contributed by atoms with Gasteiger partial charge in [-0.15, -0.1) is 0 Å². The minimum atomic E-state index is 0.195. The molecule has 1 aliphatic rings. The molecule has 1 aromatic rings. The van der Waals surface area contributed by atoms with Crippen LogP contribution in [-0.2, 0) is 6.42 Å². The highest BCUT2D eigenvalue weighted by Crippen LogP contribution is 2.36. The summed E-state index contributed by atoms with van der Waals surface area (Å²) >= 11 is 0. The molecule has 0 bridgehead atoms. The van der Waals surface area contributed by atoms with Crippen molar-refractivity contribution in [2.45, 2.75) is 38.6 Å². The maximum absolute atomic E-state index is 9.66. The van der Waals surface area contributed by atoms with Gasteiger partial charge in [0.15, 0.2) is 0 Å². The predicted molar refractivity (Wildman–Crippen MR) is 58.7 cm³/mol. The minimum Gasteiger partial charge on any atom is -0.508 e.